The number of methoxy groups -OCH3 is 1. The molecule has 2 atom stereocenters. The number of aryl methyl sites for hydroxylation is 1. The first-order valence-corrected chi connectivity index (χ1v) is 7.38. The van der Waals surface area contributed by atoms with Gasteiger partial charge in [-0.05, 0) is 33.8 Å². The van der Waals surface area contributed by atoms with Gasteiger partial charge in [0.1, 0.15) is 5.75 Å². The molecule has 1 rings (SSSR count). The van der Waals surface area contributed by atoms with Gasteiger partial charge in [0.2, 0.25) is 5.91 Å². The third kappa shape index (κ3) is 5.04. The fourth-order valence-electron chi connectivity index (χ4n) is 2.16. The lowest BCUT2D eigenvalue weighted by Gasteiger charge is -2.21. The van der Waals surface area contributed by atoms with E-state index in [1.54, 1.807) is 21.0 Å². The maximum Gasteiger partial charge on any atom is 0.321 e. The number of hydrogen-bond donors (Lipinski definition) is 3. The summed E-state index contributed by atoms with van der Waals surface area (Å²) in [5.74, 6) is 0.395. The first-order valence-electron chi connectivity index (χ1n) is 7.38. The van der Waals surface area contributed by atoms with Crippen LogP contribution in [0, 0.1) is 6.92 Å². The van der Waals surface area contributed by atoms with Crippen LogP contribution in [0.25, 0.3) is 0 Å². The Labute approximate surface area is 131 Å². The molecule has 6 nitrogen and oxygen atoms in total. The predicted octanol–water partition coefficient (Wildman–Crippen LogP) is 1.89. The van der Waals surface area contributed by atoms with Crippen LogP contribution in [0.4, 0.5) is 4.79 Å². The molecule has 2 unspecified atom stereocenters. The van der Waals surface area contributed by atoms with E-state index < -0.39 is 12.1 Å². The van der Waals surface area contributed by atoms with Gasteiger partial charge in [0, 0.05) is 18.2 Å². The lowest BCUT2D eigenvalue weighted by molar-refractivity contribution is -0.121. The highest BCUT2D eigenvalue weighted by Crippen LogP contribution is 2.26. The Morgan fingerprint density at radius 2 is 1.95 bits per heavy atom. The lowest BCUT2D eigenvalue weighted by atomic mass is 10.0. The molecule has 6 heteroatoms. The third-order valence-corrected chi connectivity index (χ3v) is 3.32. The summed E-state index contributed by atoms with van der Waals surface area (Å²) < 4.78 is 5.36. The first kappa shape index (κ1) is 18.0. The number of amides is 3. The minimum atomic E-state index is -0.511. The topological polar surface area (TPSA) is 79.5 Å². The molecule has 1 aromatic carbocycles. The molecule has 0 aliphatic heterocycles. The Kier molecular flexibility index (Phi) is 6.85. The van der Waals surface area contributed by atoms with Crippen LogP contribution < -0.4 is 20.7 Å². The zero-order chi connectivity index (χ0) is 16.7. The number of ether oxygens (including phenoxy) is 1. The van der Waals surface area contributed by atoms with E-state index in [9.17, 15) is 9.59 Å². The summed E-state index contributed by atoms with van der Waals surface area (Å²) in [4.78, 5) is 23.3. The van der Waals surface area contributed by atoms with E-state index in [1.165, 1.54) is 0 Å². The Hall–Kier alpha value is -2.08. The van der Waals surface area contributed by atoms with Crippen LogP contribution in [-0.4, -0.2) is 31.6 Å². The highest BCUT2D eigenvalue weighted by Gasteiger charge is 2.20. The van der Waals surface area contributed by atoms with Gasteiger partial charge in [-0.2, -0.15) is 0 Å². The largest absolute Gasteiger partial charge is 0.496 e. The molecule has 0 fully saturated rings. The van der Waals surface area contributed by atoms with E-state index in [0.29, 0.717) is 6.54 Å². The van der Waals surface area contributed by atoms with Gasteiger partial charge in [-0.15, -0.1) is 0 Å². The van der Waals surface area contributed by atoms with E-state index in [1.807, 2.05) is 32.0 Å². The van der Waals surface area contributed by atoms with Gasteiger partial charge in [0.15, 0.2) is 0 Å². The molecule has 0 radical (unpaired) electrons. The van der Waals surface area contributed by atoms with Crippen LogP contribution in [0.1, 0.15) is 37.9 Å². The second kappa shape index (κ2) is 8.38. The van der Waals surface area contributed by atoms with Gasteiger partial charge in [-0.1, -0.05) is 17.7 Å². The molecule has 122 valence electrons. The molecule has 0 bridgehead atoms. The number of carbonyl (C=O) groups excluding carboxylic acids is 2. The second-order valence-corrected chi connectivity index (χ2v) is 5.20. The van der Waals surface area contributed by atoms with Gasteiger partial charge < -0.3 is 10.1 Å². The molecule has 0 saturated carbocycles. The lowest BCUT2D eigenvalue weighted by Crippen LogP contribution is -2.48. The Bertz CT molecular complexity index is 531. The maximum absolute atomic E-state index is 12.0. The standard InChI is InChI=1S/C16H25N3O3/c1-6-17-16(21)19-15(20)12(4)18-11(3)13-9-10(2)7-8-14(13)22-5/h7-9,11-12,18H,6H2,1-5H3,(H2,17,19,20,21). The van der Waals surface area contributed by atoms with Crippen molar-refractivity contribution in [3.8, 4) is 5.75 Å². The summed E-state index contributed by atoms with van der Waals surface area (Å²) in [5.41, 5.74) is 2.09. The van der Waals surface area contributed by atoms with Crippen LogP contribution in [0.15, 0.2) is 18.2 Å². The zero-order valence-corrected chi connectivity index (χ0v) is 13.8. The van der Waals surface area contributed by atoms with Gasteiger partial charge in [-0.3, -0.25) is 15.4 Å². The minimum absolute atomic E-state index is 0.0927. The van der Waals surface area contributed by atoms with Gasteiger partial charge in [0.05, 0.1) is 13.2 Å². The highest BCUT2D eigenvalue weighted by molar-refractivity contribution is 5.96. The smallest absolute Gasteiger partial charge is 0.321 e. The van der Waals surface area contributed by atoms with Crippen LogP contribution in [0.3, 0.4) is 0 Å². The van der Waals surface area contributed by atoms with Crippen molar-refractivity contribution in [3.05, 3.63) is 29.3 Å². The van der Waals surface area contributed by atoms with Crippen LogP contribution >= 0.6 is 0 Å². The molecule has 1 aromatic rings. The van der Waals surface area contributed by atoms with Crippen molar-refractivity contribution in [1.82, 2.24) is 16.0 Å². The molecule has 0 saturated heterocycles. The normalized spacial score (nSPS) is 13.1. The highest BCUT2D eigenvalue weighted by atomic mass is 16.5. The van der Waals surface area contributed by atoms with E-state index >= 15 is 0 Å². The summed E-state index contributed by atoms with van der Waals surface area (Å²) in [6.45, 7) is 7.93. The quantitative estimate of drug-likeness (QED) is 0.750. The fourth-order valence-corrected chi connectivity index (χ4v) is 2.16. The number of nitrogens with one attached hydrogen (secondary N) is 3. The predicted molar refractivity (Wildman–Crippen MR) is 86.0 cm³/mol. The number of benzene rings is 1. The minimum Gasteiger partial charge on any atom is -0.496 e. The van der Waals surface area contributed by atoms with Gasteiger partial charge >= 0.3 is 6.03 Å². The monoisotopic (exact) mass is 307 g/mol. The Morgan fingerprint density at radius 1 is 1.27 bits per heavy atom. The van der Waals surface area contributed by atoms with Crippen molar-refractivity contribution in [2.75, 3.05) is 13.7 Å². The maximum atomic E-state index is 12.0. The summed E-state index contributed by atoms with van der Waals surface area (Å²) >= 11 is 0. The molecular weight excluding hydrogens is 282 g/mol. The third-order valence-electron chi connectivity index (χ3n) is 3.32. The van der Waals surface area contributed by atoms with Crippen molar-refractivity contribution >= 4 is 11.9 Å². The van der Waals surface area contributed by atoms with Crippen molar-refractivity contribution in [3.63, 3.8) is 0 Å². The van der Waals surface area contributed by atoms with Crippen LogP contribution in [0.2, 0.25) is 0 Å². The molecule has 22 heavy (non-hydrogen) atoms. The number of imide groups is 1. The van der Waals surface area contributed by atoms with Crippen molar-refractivity contribution in [2.45, 2.75) is 39.8 Å². The molecule has 0 spiro atoms. The van der Waals surface area contributed by atoms with Crippen molar-refractivity contribution < 1.29 is 14.3 Å². The SMILES string of the molecule is CCNC(=O)NC(=O)C(C)NC(C)c1cc(C)ccc1OC. The van der Waals surface area contributed by atoms with Gasteiger partial charge in [-0.25, -0.2) is 4.79 Å². The van der Waals surface area contributed by atoms with Crippen molar-refractivity contribution in [1.29, 1.82) is 0 Å². The van der Waals surface area contributed by atoms with Crippen molar-refractivity contribution in [2.24, 2.45) is 0 Å². The number of hydrogen-bond acceptors (Lipinski definition) is 4. The number of carbonyl (C=O) groups is 2. The second-order valence-electron chi connectivity index (χ2n) is 5.20. The van der Waals surface area contributed by atoms with E-state index in [-0.39, 0.29) is 11.9 Å². The Balaban J connectivity index is 2.71. The van der Waals surface area contributed by atoms with Crippen LogP contribution in [-0.2, 0) is 4.79 Å². The fraction of sp³-hybridized carbons (Fsp3) is 0.500. The molecule has 0 heterocycles. The Morgan fingerprint density at radius 3 is 2.55 bits per heavy atom. The van der Waals surface area contributed by atoms with Crippen LogP contribution in [0.5, 0.6) is 5.75 Å². The molecule has 3 N–H and O–H groups in total. The summed E-state index contributed by atoms with van der Waals surface area (Å²) in [5, 5.41) is 7.99. The molecule has 0 aliphatic carbocycles. The number of urea groups is 1. The summed E-state index contributed by atoms with van der Waals surface area (Å²) in [6.07, 6.45) is 0. The first-order chi connectivity index (χ1) is 10.4. The molecular formula is C16H25N3O3. The summed E-state index contributed by atoms with van der Waals surface area (Å²) in [7, 11) is 1.62. The van der Waals surface area contributed by atoms with E-state index in [4.69, 9.17) is 4.74 Å². The summed E-state index contributed by atoms with van der Waals surface area (Å²) in [6, 6.07) is 4.81. The molecule has 3 amide bonds. The number of rotatable bonds is 6. The zero-order valence-electron chi connectivity index (χ0n) is 13.8. The van der Waals surface area contributed by atoms with E-state index in [2.05, 4.69) is 16.0 Å². The molecule has 0 aliphatic rings. The average molecular weight is 307 g/mol. The van der Waals surface area contributed by atoms with E-state index in [0.717, 1.165) is 16.9 Å². The average Bonchev–Trinajstić information content (AvgIpc) is 2.47. The van der Waals surface area contributed by atoms with Gasteiger partial charge in [0.25, 0.3) is 0 Å². The molecule has 0 aromatic heterocycles.